The molecular weight excluding hydrogens is 1180 g/mol. The first-order valence-electron chi connectivity index (χ1n) is 38.2. The summed E-state index contributed by atoms with van der Waals surface area (Å²) in [6.07, 6.45) is 109. The zero-order chi connectivity index (χ0) is 68.3. The normalized spacial score (nSPS) is 14.0. The third kappa shape index (κ3) is 76.6. The molecular formula is C84H143NO8P+. The van der Waals surface area contributed by atoms with Crippen molar-refractivity contribution in [1.29, 1.82) is 0 Å². The van der Waals surface area contributed by atoms with Gasteiger partial charge in [0.15, 0.2) is 6.10 Å². The third-order valence-electron chi connectivity index (χ3n) is 16.0. The molecule has 1 N–H and O–H groups in total. The van der Waals surface area contributed by atoms with E-state index in [0.29, 0.717) is 17.4 Å². The zero-order valence-corrected chi connectivity index (χ0v) is 62.0. The second kappa shape index (κ2) is 72.9. The molecule has 0 rings (SSSR count). The van der Waals surface area contributed by atoms with Crippen molar-refractivity contribution in [3.05, 3.63) is 158 Å². The number of phosphoric ester groups is 1. The molecule has 0 aliphatic carbocycles. The number of likely N-dealkylation sites (N-methyl/N-ethyl adjacent to an activating group) is 1. The van der Waals surface area contributed by atoms with Crippen LogP contribution in [0.4, 0.5) is 0 Å². The molecule has 0 aliphatic heterocycles. The van der Waals surface area contributed by atoms with Crippen LogP contribution < -0.4 is 0 Å². The number of carbonyl (C=O) groups is 2. The monoisotopic (exact) mass is 1330 g/mol. The van der Waals surface area contributed by atoms with Crippen molar-refractivity contribution in [2.75, 3.05) is 47.5 Å². The first kappa shape index (κ1) is 89.6. The van der Waals surface area contributed by atoms with Gasteiger partial charge in [0.25, 0.3) is 0 Å². The van der Waals surface area contributed by atoms with Crippen LogP contribution in [0.15, 0.2) is 158 Å². The summed E-state index contributed by atoms with van der Waals surface area (Å²) >= 11 is 0. The van der Waals surface area contributed by atoms with Gasteiger partial charge >= 0.3 is 19.8 Å². The summed E-state index contributed by atoms with van der Waals surface area (Å²) in [5.41, 5.74) is 0. The first-order chi connectivity index (χ1) is 46.0. The van der Waals surface area contributed by atoms with Crippen molar-refractivity contribution in [1.82, 2.24) is 0 Å². The van der Waals surface area contributed by atoms with E-state index in [1.807, 2.05) is 21.1 Å². The van der Waals surface area contributed by atoms with E-state index in [1.165, 1.54) is 148 Å². The Morgan fingerprint density at radius 2 is 0.606 bits per heavy atom. The highest BCUT2D eigenvalue weighted by Crippen LogP contribution is 2.43. The molecule has 10 heteroatoms. The number of ether oxygens (including phenoxy) is 2. The van der Waals surface area contributed by atoms with Crippen LogP contribution in [0.3, 0.4) is 0 Å². The average molecular weight is 1330 g/mol. The van der Waals surface area contributed by atoms with Crippen LogP contribution in [0.1, 0.15) is 309 Å². The molecule has 0 amide bonds. The topological polar surface area (TPSA) is 108 Å². The zero-order valence-electron chi connectivity index (χ0n) is 61.1. The third-order valence-corrected chi connectivity index (χ3v) is 17.0. The Balaban J connectivity index is 4.11. The number of esters is 2. The fraction of sp³-hybridized carbons (Fsp3) is 0.667. The molecule has 94 heavy (non-hydrogen) atoms. The highest BCUT2D eigenvalue weighted by atomic mass is 31.2. The summed E-state index contributed by atoms with van der Waals surface area (Å²) in [7, 11) is 1.45. The first-order valence-corrected chi connectivity index (χ1v) is 39.7. The van der Waals surface area contributed by atoms with Gasteiger partial charge in [0, 0.05) is 12.8 Å². The predicted octanol–water partition coefficient (Wildman–Crippen LogP) is 25.5. The van der Waals surface area contributed by atoms with Crippen LogP contribution in [0.2, 0.25) is 0 Å². The van der Waals surface area contributed by atoms with Crippen LogP contribution >= 0.6 is 7.82 Å². The van der Waals surface area contributed by atoms with E-state index in [1.54, 1.807) is 0 Å². The lowest BCUT2D eigenvalue weighted by molar-refractivity contribution is -0.870. The Labute approximate surface area is 579 Å². The molecule has 0 saturated heterocycles. The Hall–Kier alpha value is -4.37. The number of hydrogen-bond acceptors (Lipinski definition) is 7. The van der Waals surface area contributed by atoms with Crippen LogP contribution in [-0.2, 0) is 32.7 Å². The lowest BCUT2D eigenvalue weighted by atomic mass is 10.0. The van der Waals surface area contributed by atoms with Gasteiger partial charge in [0.1, 0.15) is 19.8 Å². The predicted molar refractivity (Wildman–Crippen MR) is 408 cm³/mol. The van der Waals surface area contributed by atoms with E-state index in [0.717, 1.165) is 128 Å². The number of allylic oxidation sites excluding steroid dienone is 26. The van der Waals surface area contributed by atoms with Gasteiger partial charge in [-0.15, -0.1) is 0 Å². The fourth-order valence-corrected chi connectivity index (χ4v) is 11.0. The number of nitrogens with zero attached hydrogens (tertiary/aromatic N) is 1. The van der Waals surface area contributed by atoms with Gasteiger partial charge in [-0.25, -0.2) is 4.57 Å². The number of quaternary nitrogens is 1. The highest BCUT2D eigenvalue weighted by molar-refractivity contribution is 7.47. The number of rotatable bonds is 69. The highest BCUT2D eigenvalue weighted by Gasteiger charge is 2.27. The second-order valence-electron chi connectivity index (χ2n) is 26.3. The van der Waals surface area contributed by atoms with Gasteiger partial charge < -0.3 is 18.9 Å². The van der Waals surface area contributed by atoms with Crippen LogP contribution in [-0.4, -0.2) is 74.9 Å². The summed E-state index contributed by atoms with van der Waals surface area (Å²) in [4.78, 5) is 35.9. The van der Waals surface area contributed by atoms with E-state index in [9.17, 15) is 19.0 Å². The maximum atomic E-state index is 12.9. The molecule has 0 spiro atoms. The summed E-state index contributed by atoms with van der Waals surface area (Å²) < 4.78 is 34.7. The van der Waals surface area contributed by atoms with E-state index >= 15 is 0 Å². The largest absolute Gasteiger partial charge is 0.472 e. The summed E-state index contributed by atoms with van der Waals surface area (Å²) in [6.45, 7) is 4.30. The van der Waals surface area contributed by atoms with E-state index in [-0.39, 0.29) is 32.0 Å². The minimum Gasteiger partial charge on any atom is -0.462 e. The van der Waals surface area contributed by atoms with Crippen molar-refractivity contribution in [2.45, 2.75) is 315 Å². The Kier molecular flexibility index (Phi) is 69.5. The molecule has 536 valence electrons. The summed E-state index contributed by atoms with van der Waals surface area (Å²) in [5, 5.41) is 0. The van der Waals surface area contributed by atoms with Crippen molar-refractivity contribution in [2.24, 2.45) is 0 Å². The quantitative estimate of drug-likeness (QED) is 0.0211. The van der Waals surface area contributed by atoms with Gasteiger partial charge in [-0.1, -0.05) is 326 Å². The van der Waals surface area contributed by atoms with E-state index in [2.05, 4.69) is 172 Å². The van der Waals surface area contributed by atoms with Crippen molar-refractivity contribution in [3.63, 3.8) is 0 Å². The summed E-state index contributed by atoms with van der Waals surface area (Å²) in [6, 6.07) is 0. The maximum absolute atomic E-state index is 12.9. The van der Waals surface area contributed by atoms with Crippen LogP contribution in [0, 0.1) is 0 Å². The Morgan fingerprint density at radius 1 is 0.340 bits per heavy atom. The number of hydrogen-bond donors (Lipinski definition) is 1. The summed E-state index contributed by atoms with van der Waals surface area (Å²) in [5.74, 6) is -0.820. The van der Waals surface area contributed by atoms with Crippen LogP contribution in [0.5, 0.6) is 0 Å². The maximum Gasteiger partial charge on any atom is 0.472 e. The smallest absolute Gasteiger partial charge is 0.462 e. The Morgan fingerprint density at radius 3 is 0.904 bits per heavy atom. The van der Waals surface area contributed by atoms with Gasteiger partial charge in [-0.3, -0.25) is 18.6 Å². The van der Waals surface area contributed by atoms with E-state index < -0.39 is 26.5 Å². The minimum absolute atomic E-state index is 0.0208. The SMILES string of the molecule is CC/C=C\C/C=C\C/C=C\C/C=C\C/C=C\C/C=C\C/C=C\C/C=C\C/C=C\C/C=C\C/C=C\CCCCCCCC(=O)OC(COC(=O)CCCCCCCCCCCCCCCCCCCCC/C=C\C/C=C\CCCCCCC)COP(=O)(O)OCC[N+](C)(C)C. The average Bonchev–Trinajstić information content (AvgIpc) is 1.56. The van der Waals surface area contributed by atoms with Gasteiger partial charge in [0.2, 0.25) is 0 Å². The molecule has 0 bridgehead atoms. The molecule has 0 heterocycles. The van der Waals surface area contributed by atoms with Crippen molar-refractivity contribution < 1.29 is 42.1 Å². The number of carbonyl (C=O) groups excluding carboxylic acids is 2. The fourth-order valence-electron chi connectivity index (χ4n) is 10.2. The molecule has 0 radical (unpaired) electrons. The molecule has 0 saturated carbocycles. The lowest BCUT2D eigenvalue weighted by Crippen LogP contribution is -2.37. The van der Waals surface area contributed by atoms with Gasteiger partial charge in [-0.05, 0) is 128 Å². The molecule has 0 aromatic carbocycles. The molecule has 9 nitrogen and oxygen atoms in total. The standard InChI is InChI=1S/C84H142NO8P/c1-6-8-10-12-14-16-18-20-22-24-26-28-30-32-34-36-38-39-40-41-42-43-44-45-47-49-51-53-55-57-59-61-63-65-67-69-71-73-75-77-84(87)93-82(81-92-94(88,89)91-79-78-85(3,4)5)80-90-83(86)76-74-72-70-68-66-64-62-60-58-56-54-52-50-48-46-37-35-33-31-29-27-25-23-21-19-17-15-13-11-9-7-2/h8,10,14,16,19-22,25-28,32,34,38-39,41-42,44-45,49,51,55,57,61,63,82H,6-7,9,11-13,15,17-18,23-24,29-31,33,35-37,40,43,46-48,50,52-54,56,58-60,62,64-81H2,1-5H3/p+1/b10-8-,16-14-,21-19-,22-20-,27-25-,28-26-,34-32-,39-38-,42-41-,45-44-,51-49-,57-55-,63-61-. The number of unbranched alkanes of at least 4 members (excludes halogenated alkanes) is 29. The molecule has 2 unspecified atom stereocenters. The molecule has 2 atom stereocenters. The van der Waals surface area contributed by atoms with Crippen LogP contribution in [0.25, 0.3) is 0 Å². The lowest BCUT2D eigenvalue weighted by Gasteiger charge is -2.24. The second-order valence-corrected chi connectivity index (χ2v) is 27.8. The van der Waals surface area contributed by atoms with Crippen molar-refractivity contribution >= 4 is 19.8 Å². The molecule has 0 aromatic heterocycles. The Bertz CT molecular complexity index is 2150. The molecule has 0 fully saturated rings. The van der Waals surface area contributed by atoms with E-state index in [4.69, 9.17) is 18.5 Å². The minimum atomic E-state index is -4.41. The van der Waals surface area contributed by atoms with Gasteiger partial charge in [-0.2, -0.15) is 0 Å². The molecule has 0 aliphatic rings. The molecule has 0 aromatic rings. The van der Waals surface area contributed by atoms with Crippen molar-refractivity contribution in [3.8, 4) is 0 Å². The van der Waals surface area contributed by atoms with Gasteiger partial charge in [0.05, 0.1) is 27.7 Å². The number of phosphoric acid groups is 1.